The van der Waals surface area contributed by atoms with E-state index in [0.717, 1.165) is 31.6 Å². The van der Waals surface area contributed by atoms with E-state index in [0.29, 0.717) is 23.9 Å². The second-order valence-electron chi connectivity index (χ2n) is 8.65. The fourth-order valence-corrected chi connectivity index (χ4v) is 4.61. The maximum atomic E-state index is 11.2. The molecule has 2 aromatic rings. The van der Waals surface area contributed by atoms with Gasteiger partial charge < -0.3 is 20.1 Å². The number of rotatable bonds is 6. The maximum absolute atomic E-state index is 11.2. The van der Waals surface area contributed by atoms with Crippen molar-refractivity contribution in [3.8, 4) is 0 Å². The number of nitrogens with one attached hydrogen (secondary N) is 1. The minimum Gasteiger partial charge on any atom is -0.550 e. The number of hydrogen-bond acceptors (Lipinski definition) is 3. The molecule has 3 rings (SSSR count). The summed E-state index contributed by atoms with van der Waals surface area (Å²) in [7, 11) is 0. The Hall–Kier alpha value is -2.40. The van der Waals surface area contributed by atoms with Crippen molar-refractivity contribution in [3.05, 3.63) is 64.7 Å². The molecule has 1 N–H and O–H groups in total. The van der Waals surface area contributed by atoms with Crippen LogP contribution in [0.25, 0.3) is 0 Å². The number of nitrogens with zero attached hydrogens (tertiary/aromatic N) is 1. The molecule has 2 aromatic carbocycles. The fraction of sp³-hybridized carbons (Fsp3) is 0.440. The van der Waals surface area contributed by atoms with Gasteiger partial charge in [0.25, 0.3) is 0 Å². The molecule has 0 radical (unpaired) electrons. The Bertz CT molecular complexity index is 884. The Kier molecular flexibility index (Phi) is 7.48. The number of carboxylic acid groups (broad SMARTS) is 1. The van der Waals surface area contributed by atoms with Gasteiger partial charge in [-0.1, -0.05) is 30.3 Å². The summed E-state index contributed by atoms with van der Waals surface area (Å²) in [5.74, 6) is -0.771. The number of hydrogen-bond donors (Lipinski definition) is 1. The van der Waals surface area contributed by atoms with Gasteiger partial charge in [-0.2, -0.15) is 0 Å². The fourth-order valence-electron chi connectivity index (χ4n) is 4.35. The highest BCUT2D eigenvalue weighted by atomic mass is 32.1. The Labute approximate surface area is 185 Å². The average molecular weight is 424 g/mol. The number of anilines is 1. The lowest BCUT2D eigenvalue weighted by Gasteiger charge is -2.34. The molecule has 4 nitrogen and oxygen atoms in total. The van der Waals surface area contributed by atoms with E-state index in [4.69, 9.17) is 12.2 Å². The van der Waals surface area contributed by atoms with Gasteiger partial charge in [-0.25, -0.2) is 0 Å². The predicted octanol–water partition coefficient (Wildman–Crippen LogP) is 4.37. The second-order valence-corrected chi connectivity index (χ2v) is 9.04. The van der Waals surface area contributed by atoms with Crippen LogP contribution in [0, 0.1) is 32.6 Å². The van der Waals surface area contributed by atoms with Crippen molar-refractivity contribution in [3.63, 3.8) is 0 Å². The monoisotopic (exact) mass is 423 g/mol. The van der Waals surface area contributed by atoms with Crippen LogP contribution in [0.3, 0.4) is 0 Å². The molecule has 1 aliphatic rings. The minimum atomic E-state index is -0.905. The van der Waals surface area contributed by atoms with Gasteiger partial charge in [-0.3, -0.25) is 0 Å². The minimum absolute atomic E-state index is 0.300. The van der Waals surface area contributed by atoms with Gasteiger partial charge in [-0.05, 0) is 105 Å². The number of aryl methyl sites for hydroxylation is 3. The molecule has 0 amide bonds. The van der Waals surface area contributed by atoms with E-state index in [1.807, 2.05) is 0 Å². The summed E-state index contributed by atoms with van der Waals surface area (Å²) >= 11 is 5.83. The standard InChI is InChI=1S/C25H32N2O2S/c1-17-12-18(2)14-23(13-17)26-25(30)27(16-22-7-5-4-6-19(22)3)15-20-8-10-21(11-9-20)24(28)29/h4-7,12-14,20-21H,8-11,15-16H2,1-3H3,(H,26,30)(H,28,29)/p-1. The third-order valence-electron chi connectivity index (χ3n) is 6.04. The summed E-state index contributed by atoms with van der Waals surface area (Å²) in [5.41, 5.74) is 5.91. The molecule has 5 heteroatoms. The lowest BCUT2D eigenvalue weighted by Crippen LogP contribution is -2.40. The lowest BCUT2D eigenvalue weighted by molar-refractivity contribution is -0.312. The van der Waals surface area contributed by atoms with Crippen molar-refractivity contribution < 1.29 is 9.90 Å². The van der Waals surface area contributed by atoms with Crippen LogP contribution in [-0.2, 0) is 11.3 Å². The zero-order valence-electron chi connectivity index (χ0n) is 18.1. The van der Waals surface area contributed by atoms with Crippen LogP contribution in [0.1, 0.15) is 47.9 Å². The third kappa shape index (κ3) is 6.05. The molecule has 0 saturated heterocycles. The highest BCUT2D eigenvalue weighted by molar-refractivity contribution is 7.80. The van der Waals surface area contributed by atoms with Gasteiger partial charge >= 0.3 is 0 Å². The van der Waals surface area contributed by atoms with Crippen molar-refractivity contribution in [2.75, 3.05) is 11.9 Å². The molecule has 1 saturated carbocycles. The molecular formula is C25H31N2O2S-. The molecule has 1 aliphatic carbocycles. The zero-order valence-corrected chi connectivity index (χ0v) is 18.9. The van der Waals surface area contributed by atoms with Gasteiger partial charge in [0, 0.05) is 24.7 Å². The number of benzene rings is 2. The summed E-state index contributed by atoms with van der Waals surface area (Å²) in [6, 6.07) is 14.7. The number of carbonyl (C=O) groups is 1. The maximum Gasteiger partial charge on any atom is 0.173 e. The summed E-state index contributed by atoms with van der Waals surface area (Å²) in [5, 5.41) is 15.3. The molecular weight excluding hydrogens is 392 g/mol. The van der Waals surface area contributed by atoms with E-state index in [2.05, 4.69) is 73.5 Å². The topological polar surface area (TPSA) is 55.4 Å². The number of carboxylic acids is 1. The summed E-state index contributed by atoms with van der Waals surface area (Å²) < 4.78 is 0. The number of carbonyl (C=O) groups excluding carboxylic acids is 1. The summed E-state index contributed by atoms with van der Waals surface area (Å²) in [6.45, 7) is 7.86. The first-order valence-electron chi connectivity index (χ1n) is 10.7. The van der Waals surface area contributed by atoms with Crippen molar-refractivity contribution in [2.45, 2.75) is 53.0 Å². The molecule has 0 aliphatic heterocycles. The first kappa shape index (κ1) is 22.3. The second kappa shape index (κ2) is 10.1. The SMILES string of the molecule is Cc1cc(C)cc(NC(=S)N(Cc2ccccc2C)CC2CCC(C(=O)[O-])CC2)c1. The summed E-state index contributed by atoms with van der Waals surface area (Å²) in [6.07, 6.45) is 3.19. The molecule has 0 atom stereocenters. The molecule has 0 bridgehead atoms. The smallest absolute Gasteiger partial charge is 0.173 e. The van der Waals surface area contributed by atoms with Gasteiger partial charge in [0.05, 0.1) is 0 Å². The van der Waals surface area contributed by atoms with Crippen LogP contribution < -0.4 is 10.4 Å². The van der Waals surface area contributed by atoms with Crippen LogP contribution >= 0.6 is 12.2 Å². The van der Waals surface area contributed by atoms with Crippen LogP contribution in [0.5, 0.6) is 0 Å². The predicted molar refractivity (Wildman–Crippen MR) is 124 cm³/mol. The first-order chi connectivity index (χ1) is 14.3. The zero-order chi connectivity index (χ0) is 21.7. The molecule has 0 spiro atoms. The highest BCUT2D eigenvalue weighted by Crippen LogP contribution is 2.30. The molecule has 0 aromatic heterocycles. The largest absolute Gasteiger partial charge is 0.550 e. The van der Waals surface area contributed by atoms with Crippen molar-refractivity contribution in [2.24, 2.45) is 11.8 Å². The van der Waals surface area contributed by atoms with Gasteiger partial charge in [-0.15, -0.1) is 0 Å². The molecule has 0 unspecified atom stereocenters. The Balaban J connectivity index is 1.74. The normalized spacial score (nSPS) is 18.6. The van der Waals surface area contributed by atoms with Gasteiger partial charge in [0.15, 0.2) is 5.11 Å². The van der Waals surface area contributed by atoms with Crippen molar-refractivity contribution in [1.82, 2.24) is 4.90 Å². The van der Waals surface area contributed by atoms with Crippen molar-refractivity contribution >= 4 is 29.0 Å². The average Bonchev–Trinajstić information content (AvgIpc) is 2.68. The van der Waals surface area contributed by atoms with E-state index < -0.39 is 5.97 Å². The Morgan fingerprint density at radius 1 is 1.07 bits per heavy atom. The third-order valence-corrected chi connectivity index (χ3v) is 6.40. The van der Waals surface area contributed by atoms with Crippen LogP contribution in [-0.4, -0.2) is 22.5 Å². The summed E-state index contributed by atoms with van der Waals surface area (Å²) in [4.78, 5) is 13.4. The quantitative estimate of drug-likeness (QED) is 0.700. The first-order valence-corrected chi connectivity index (χ1v) is 11.1. The van der Waals surface area contributed by atoms with Gasteiger partial charge in [0.1, 0.15) is 0 Å². The molecule has 0 heterocycles. The van der Waals surface area contributed by atoms with Crippen LogP contribution in [0.2, 0.25) is 0 Å². The van der Waals surface area contributed by atoms with Crippen LogP contribution in [0.4, 0.5) is 5.69 Å². The van der Waals surface area contributed by atoms with Crippen molar-refractivity contribution in [1.29, 1.82) is 0 Å². The van der Waals surface area contributed by atoms with E-state index in [9.17, 15) is 9.90 Å². The molecule has 1 fully saturated rings. The molecule has 30 heavy (non-hydrogen) atoms. The van der Waals surface area contributed by atoms with Gasteiger partial charge in [0.2, 0.25) is 0 Å². The van der Waals surface area contributed by atoms with E-state index >= 15 is 0 Å². The van der Waals surface area contributed by atoms with Crippen LogP contribution in [0.15, 0.2) is 42.5 Å². The number of aliphatic carboxylic acids is 1. The Morgan fingerprint density at radius 2 is 1.70 bits per heavy atom. The highest BCUT2D eigenvalue weighted by Gasteiger charge is 2.25. The van der Waals surface area contributed by atoms with E-state index in [1.54, 1.807) is 0 Å². The van der Waals surface area contributed by atoms with E-state index in [-0.39, 0.29) is 5.92 Å². The van der Waals surface area contributed by atoms with E-state index in [1.165, 1.54) is 22.3 Å². The number of thiocarbonyl (C=S) groups is 1. The lowest BCUT2D eigenvalue weighted by atomic mass is 9.82. The molecule has 160 valence electrons. The Morgan fingerprint density at radius 3 is 2.30 bits per heavy atom.